The van der Waals surface area contributed by atoms with E-state index in [1.807, 2.05) is 0 Å². The fourth-order valence-corrected chi connectivity index (χ4v) is 4.05. The molecule has 0 aromatic heterocycles. The Morgan fingerprint density at radius 1 is 0.417 bits per heavy atom. The summed E-state index contributed by atoms with van der Waals surface area (Å²) < 4.78 is 0. The van der Waals surface area contributed by atoms with Crippen molar-refractivity contribution in [2.75, 3.05) is 6.61 Å². The second-order valence-electron chi connectivity index (χ2n) is 10.2. The molecule has 0 saturated carbocycles. The predicted octanol–water partition coefficient (Wildman–Crippen LogP) is 9.78. The van der Waals surface area contributed by atoms with E-state index in [-0.39, 0.29) is 0 Å². The van der Waals surface area contributed by atoms with Crippen molar-refractivity contribution in [2.24, 2.45) is 0 Å². The lowest BCUT2D eigenvalue weighted by molar-refractivity contribution is -0.259. The van der Waals surface area contributed by atoms with Gasteiger partial charge in [0, 0.05) is 6.61 Å². The Labute approximate surface area is 224 Å². The van der Waals surface area contributed by atoms with Gasteiger partial charge in [-0.15, -0.1) is 0 Å². The van der Waals surface area contributed by atoms with Gasteiger partial charge < -0.3 is 5.11 Å². The number of hydrogen-bond acceptors (Lipinski definition) is 5. The van der Waals surface area contributed by atoms with Gasteiger partial charge in [0.15, 0.2) is 0 Å². The molecule has 0 aliphatic heterocycles. The van der Waals surface area contributed by atoms with E-state index >= 15 is 0 Å². The normalized spacial score (nSPS) is 10.6. The van der Waals surface area contributed by atoms with E-state index in [0.29, 0.717) is 19.4 Å². The molecule has 0 bridgehead atoms. The highest BCUT2D eigenvalue weighted by atomic mass is 17.2. The number of aliphatic hydroxyl groups excluding tert-OH is 1. The second kappa shape index (κ2) is 33.9. The van der Waals surface area contributed by atoms with Crippen LogP contribution in [0.25, 0.3) is 0 Å². The largest absolute Gasteiger partial charge is 0.396 e. The lowest BCUT2D eigenvalue weighted by atomic mass is 10.1. The van der Waals surface area contributed by atoms with E-state index in [4.69, 9.17) is 5.11 Å². The molecule has 5 nitrogen and oxygen atoms in total. The van der Waals surface area contributed by atoms with Crippen molar-refractivity contribution in [1.82, 2.24) is 0 Å². The first-order valence-electron chi connectivity index (χ1n) is 15.6. The van der Waals surface area contributed by atoms with Crippen LogP contribution in [0.15, 0.2) is 0 Å². The lowest BCUT2D eigenvalue weighted by Crippen LogP contribution is -2.11. The molecule has 0 radical (unpaired) electrons. The Morgan fingerprint density at radius 2 is 0.667 bits per heavy atom. The summed E-state index contributed by atoms with van der Waals surface area (Å²) >= 11 is 0. The third-order valence-electron chi connectivity index (χ3n) is 6.46. The highest BCUT2D eigenvalue weighted by Gasteiger charge is 2.09. The summed E-state index contributed by atoms with van der Waals surface area (Å²) in [7, 11) is 0. The van der Waals surface area contributed by atoms with Crippen molar-refractivity contribution in [3.05, 3.63) is 0 Å². The number of unbranched alkanes of at least 4 members (excludes halogenated alkanes) is 20. The SMILES string of the molecule is CCCCCCCCCCCC(=O)OOC(=O)CCCCCCCCCCC.CCCCCCCO. The molecule has 5 heteroatoms. The summed E-state index contributed by atoms with van der Waals surface area (Å²) in [5, 5.41) is 8.37. The molecule has 0 saturated heterocycles. The molecule has 216 valence electrons. The van der Waals surface area contributed by atoms with Crippen LogP contribution in [-0.4, -0.2) is 23.7 Å². The Balaban J connectivity index is 0. The Bertz CT molecular complexity index is 399. The summed E-state index contributed by atoms with van der Waals surface area (Å²) in [6, 6.07) is 0. The fourth-order valence-electron chi connectivity index (χ4n) is 4.05. The van der Waals surface area contributed by atoms with Crippen LogP contribution in [0.4, 0.5) is 0 Å². The molecule has 0 amide bonds. The van der Waals surface area contributed by atoms with Crippen LogP contribution in [0.5, 0.6) is 0 Å². The van der Waals surface area contributed by atoms with Gasteiger partial charge in [0.1, 0.15) is 0 Å². The molecule has 0 unspecified atom stereocenters. The van der Waals surface area contributed by atoms with Gasteiger partial charge in [-0.05, 0) is 19.3 Å². The van der Waals surface area contributed by atoms with Crippen molar-refractivity contribution < 1.29 is 24.5 Å². The van der Waals surface area contributed by atoms with Gasteiger partial charge in [0.2, 0.25) is 0 Å². The number of hydrogen-bond donors (Lipinski definition) is 1. The molecular formula is C31H62O5. The Morgan fingerprint density at radius 3 is 0.944 bits per heavy atom. The topological polar surface area (TPSA) is 72.8 Å². The monoisotopic (exact) mass is 514 g/mol. The summed E-state index contributed by atoms with van der Waals surface area (Å²) in [5.41, 5.74) is 0. The van der Waals surface area contributed by atoms with Crippen LogP contribution in [0.3, 0.4) is 0 Å². The summed E-state index contributed by atoms with van der Waals surface area (Å²) in [6.07, 6.45) is 28.4. The molecule has 0 aromatic rings. The first-order valence-corrected chi connectivity index (χ1v) is 15.6. The number of carbonyl (C=O) groups is 2. The van der Waals surface area contributed by atoms with Crippen molar-refractivity contribution in [1.29, 1.82) is 0 Å². The van der Waals surface area contributed by atoms with Gasteiger partial charge >= 0.3 is 11.9 Å². The van der Waals surface area contributed by atoms with Gasteiger partial charge in [0.25, 0.3) is 0 Å². The Hall–Kier alpha value is -1.10. The van der Waals surface area contributed by atoms with E-state index in [9.17, 15) is 9.59 Å². The minimum Gasteiger partial charge on any atom is -0.396 e. The quantitative estimate of drug-likeness (QED) is 0.0745. The summed E-state index contributed by atoms with van der Waals surface area (Å²) in [5.74, 6) is -0.855. The molecule has 1 N–H and O–H groups in total. The third-order valence-corrected chi connectivity index (χ3v) is 6.46. The van der Waals surface area contributed by atoms with Gasteiger partial charge in [-0.2, -0.15) is 0 Å². The summed E-state index contributed by atoms with van der Waals surface area (Å²) in [4.78, 5) is 32.4. The predicted molar refractivity (Wildman–Crippen MR) is 152 cm³/mol. The maximum atomic E-state index is 11.6. The first-order chi connectivity index (χ1) is 17.6. The second-order valence-corrected chi connectivity index (χ2v) is 10.2. The fraction of sp³-hybridized carbons (Fsp3) is 0.935. The van der Waals surface area contributed by atoms with Crippen molar-refractivity contribution in [3.63, 3.8) is 0 Å². The zero-order chi connectivity index (χ0) is 27.0. The van der Waals surface area contributed by atoms with Crippen molar-refractivity contribution >= 4 is 11.9 Å². The number of rotatable bonds is 25. The molecule has 0 fully saturated rings. The van der Waals surface area contributed by atoms with E-state index in [1.165, 1.54) is 103 Å². The lowest BCUT2D eigenvalue weighted by Gasteiger charge is -2.04. The molecule has 0 aliphatic rings. The van der Waals surface area contributed by atoms with Crippen molar-refractivity contribution in [2.45, 2.75) is 181 Å². The molecule has 0 aliphatic carbocycles. The van der Waals surface area contributed by atoms with Crippen LogP contribution in [-0.2, 0) is 19.4 Å². The average molecular weight is 515 g/mol. The molecule has 36 heavy (non-hydrogen) atoms. The highest BCUT2D eigenvalue weighted by molar-refractivity contribution is 5.72. The average Bonchev–Trinajstić information content (AvgIpc) is 2.88. The van der Waals surface area contributed by atoms with Crippen LogP contribution >= 0.6 is 0 Å². The molecule has 0 aromatic carbocycles. The van der Waals surface area contributed by atoms with Crippen LogP contribution in [0.1, 0.15) is 181 Å². The third kappa shape index (κ3) is 35.1. The highest BCUT2D eigenvalue weighted by Crippen LogP contribution is 2.12. The number of carbonyl (C=O) groups excluding carboxylic acids is 2. The van der Waals surface area contributed by atoms with E-state index in [1.54, 1.807) is 0 Å². The van der Waals surface area contributed by atoms with Crippen LogP contribution in [0.2, 0.25) is 0 Å². The zero-order valence-corrected chi connectivity index (χ0v) is 24.5. The minimum absolute atomic E-state index is 0.334. The molecular weight excluding hydrogens is 452 g/mol. The standard InChI is InChI=1S/C24H46O4.C7H16O/c1-3-5-7-9-11-13-15-17-19-21-23(25)27-28-24(26)22-20-18-16-14-12-10-8-6-4-2;1-2-3-4-5-6-7-8/h3-22H2,1-2H3;8H,2-7H2,1H3. The van der Waals surface area contributed by atoms with Crippen molar-refractivity contribution in [3.8, 4) is 0 Å². The summed E-state index contributed by atoms with van der Waals surface area (Å²) in [6.45, 7) is 7.02. The first kappa shape index (κ1) is 37.1. The van der Waals surface area contributed by atoms with Gasteiger partial charge in [-0.1, -0.05) is 149 Å². The van der Waals surface area contributed by atoms with Crippen LogP contribution < -0.4 is 0 Å². The van der Waals surface area contributed by atoms with Gasteiger partial charge in [-0.25, -0.2) is 19.4 Å². The van der Waals surface area contributed by atoms with E-state index < -0.39 is 11.9 Å². The molecule has 0 atom stereocenters. The Kier molecular flexibility index (Phi) is 34.9. The molecule has 0 rings (SSSR count). The number of aliphatic hydroxyl groups is 1. The maximum Gasteiger partial charge on any atom is 0.355 e. The van der Waals surface area contributed by atoms with E-state index in [2.05, 4.69) is 30.5 Å². The van der Waals surface area contributed by atoms with E-state index in [0.717, 1.165) is 44.9 Å². The zero-order valence-electron chi connectivity index (χ0n) is 24.5. The minimum atomic E-state index is -0.427. The van der Waals surface area contributed by atoms with Crippen LogP contribution in [0, 0.1) is 0 Å². The molecule has 0 spiro atoms. The smallest absolute Gasteiger partial charge is 0.355 e. The maximum absolute atomic E-state index is 11.6. The van der Waals surface area contributed by atoms with Gasteiger partial charge in [0.05, 0.1) is 12.8 Å². The molecule has 0 heterocycles. The van der Waals surface area contributed by atoms with Gasteiger partial charge in [-0.3, -0.25) is 0 Å².